The van der Waals surface area contributed by atoms with E-state index < -0.39 is 6.10 Å². The summed E-state index contributed by atoms with van der Waals surface area (Å²) >= 11 is 6.19. The van der Waals surface area contributed by atoms with Gasteiger partial charge in [0.15, 0.2) is 0 Å². The third-order valence-electron chi connectivity index (χ3n) is 4.45. The van der Waals surface area contributed by atoms with Crippen LogP contribution in [-0.4, -0.2) is 27.4 Å². The number of para-hydroxylation sites is 2. The maximum absolute atomic E-state index is 10.5. The molecular weight excluding hydrogens is 348 g/mol. The first kappa shape index (κ1) is 18.7. The van der Waals surface area contributed by atoms with E-state index in [-0.39, 0.29) is 12.5 Å². The molecule has 0 saturated heterocycles. The number of aromatic nitrogens is 2. The number of hydrogen-bond donors (Lipinski definition) is 1. The Morgan fingerprint density at radius 1 is 1.15 bits per heavy atom. The van der Waals surface area contributed by atoms with Gasteiger partial charge in [-0.3, -0.25) is 0 Å². The Morgan fingerprint density at radius 2 is 1.81 bits per heavy atom. The number of aliphatic hydroxyl groups excluding tert-OH is 1. The zero-order valence-electron chi connectivity index (χ0n) is 15.7. The van der Waals surface area contributed by atoms with Crippen molar-refractivity contribution in [2.45, 2.75) is 46.3 Å². The SMILES string of the molecule is Cc1cc(OC[C@H](O)Cn2c(C(C)C)nc3ccccc32)cc(C)c1Cl. The standard InChI is InChI=1S/C21H25ClN2O2/c1-13(2)21-23-18-7-5-6-8-19(18)24(21)11-16(25)12-26-17-9-14(3)20(22)15(4)10-17/h5-10,13,16,25H,11-12H2,1-4H3/t16-/m1/s1. The van der Waals surface area contributed by atoms with Crippen LogP contribution < -0.4 is 4.74 Å². The molecule has 1 heterocycles. The Hall–Kier alpha value is -2.04. The van der Waals surface area contributed by atoms with Crippen molar-refractivity contribution in [2.24, 2.45) is 0 Å². The van der Waals surface area contributed by atoms with E-state index in [2.05, 4.69) is 18.4 Å². The third kappa shape index (κ3) is 3.87. The van der Waals surface area contributed by atoms with Gasteiger partial charge in [-0.25, -0.2) is 4.98 Å². The number of halogens is 1. The Labute approximate surface area is 159 Å². The van der Waals surface area contributed by atoms with Crippen molar-refractivity contribution in [3.05, 3.63) is 58.4 Å². The van der Waals surface area contributed by atoms with Crippen LogP contribution in [0.15, 0.2) is 36.4 Å². The lowest BCUT2D eigenvalue weighted by Gasteiger charge is -2.17. The summed E-state index contributed by atoms with van der Waals surface area (Å²) in [5.74, 6) is 1.98. The second-order valence-corrected chi connectivity index (χ2v) is 7.44. The summed E-state index contributed by atoms with van der Waals surface area (Å²) in [6.45, 7) is 8.78. The lowest BCUT2D eigenvalue weighted by molar-refractivity contribution is 0.0925. The molecule has 4 nitrogen and oxygen atoms in total. The average Bonchev–Trinajstić information content (AvgIpc) is 2.96. The fourth-order valence-electron chi connectivity index (χ4n) is 3.17. The topological polar surface area (TPSA) is 47.3 Å². The minimum atomic E-state index is -0.638. The van der Waals surface area contributed by atoms with Crippen LogP contribution in [-0.2, 0) is 6.54 Å². The molecule has 1 atom stereocenters. The van der Waals surface area contributed by atoms with Crippen molar-refractivity contribution in [2.75, 3.05) is 6.61 Å². The van der Waals surface area contributed by atoms with Crippen LogP contribution in [0.5, 0.6) is 5.75 Å². The summed E-state index contributed by atoms with van der Waals surface area (Å²) in [7, 11) is 0. The van der Waals surface area contributed by atoms with E-state index in [4.69, 9.17) is 21.3 Å². The Balaban J connectivity index is 1.75. The van der Waals surface area contributed by atoms with E-state index in [0.717, 1.165) is 38.8 Å². The van der Waals surface area contributed by atoms with Crippen LogP contribution in [0.2, 0.25) is 5.02 Å². The van der Waals surface area contributed by atoms with Crippen molar-refractivity contribution >= 4 is 22.6 Å². The van der Waals surface area contributed by atoms with Gasteiger partial charge in [0, 0.05) is 10.9 Å². The first-order chi connectivity index (χ1) is 12.4. The molecule has 0 spiro atoms. The van der Waals surface area contributed by atoms with E-state index in [1.54, 1.807) is 0 Å². The van der Waals surface area contributed by atoms with Crippen LogP contribution in [0.25, 0.3) is 11.0 Å². The zero-order chi connectivity index (χ0) is 18.8. The molecule has 0 bridgehead atoms. The second-order valence-electron chi connectivity index (χ2n) is 7.06. The van der Waals surface area contributed by atoms with Gasteiger partial charge in [-0.15, -0.1) is 0 Å². The van der Waals surface area contributed by atoms with E-state index in [1.807, 2.05) is 50.2 Å². The highest BCUT2D eigenvalue weighted by Gasteiger charge is 2.17. The fraction of sp³-hybridized carbons (Fsp3) is 0.381. The van der Waals surface area contributed by atoms with E-state index in [9.17, 15) is 5.11 Å². The molecule has 1 aromatic heterocycles. The van der Waals surface area contributed by atoms with E-state index in [1.165, 1.54) is 0 Å². The van der Waals surface area contributed by atoms with Crippen molar-refractivity contribution < 1.29 is 9.84 Å². The molecule has 1 N–H and O–H groups in total. The summed E-state index contributed by atoms with van der Waals surface area (Å²) in [6.07, 6.45) is -0.638. The first-order valence-electron chi connectivity index (χ1n) is 8.89. The molecular formula is C21H25ClN2O2. The van der Waals surface area contributed by atoms with Gasteiger partial charge < -0.3 is 14.4 Å². The molecule has 0 aliphatic rings. The number of ether oxygens (including phenoxy) is 1. The van der Waals surface area contributed by atoms with Gasteiger partial charge in [0.1, 0.15) is 24.3 Å². The van der Waals surface area contributed by atoms with Crippen LogP contribution in [0.4, 0.5) is 0 Å². The first-order valence-corrected chi connectivity index (χ1v) is 9.27. The molecule has 3 rings (SSSR count). The number of aliphatic hydroxyl groups is 1. The fourth-order valence-corrected chi connectivity index (χ4v) is 3.28. The number of hydrogen-bond acceptors (Lipinski definition) is 3. The minimum Gasteiger partial charge on any atom is -0.491 e. The van der Waals surface area contributed by atoms with Crippen LogP contribution in [0.3, 0.4) is 0 Å². The highest BCUT2D eigenvalue weighted by molar-refractivity contribution is 6.32. The average molecular weight is 373 g/mol. The number of nitrogens with zero attached hydrogens (tertiary/aromatic N) is 2. The molecule has 26 heavy (non-hydrogen) atoms. The van der Waals surface area contributed by atoms with E-state index >= 15 is 0 Å². The lowest BCUT2D eigenvalue weighted by atomic mass is 10.1. The van der Waals surface area contributed by atoms with Gasteiger partial charge in [-0.1, -0.05) is 37.6 Å². The van der Waals surface area contributed by atoms with Gasteiger partial charge in [0.25, 0.3) is 0 Å². The monoisotopic (exact) mass is 372 g/mol. The Kier molecular flexibility index (Phi) is 5.54. The van der Waals surface area contributed by atoms with Crippen LogP contribution in [0.1, 0.15) is 36.7 Å². The summed E-state index contributed by atoms with van der Waals surface area (Å²) in [4.78, 5) is 4.71. The van der Waals surface area contributed by atoms with Crippen LogP contribution in [0, 0.1) is 13.8 Å². The van der Waals surface area contributed by atoms with Gasteiger partial charge in [0.05, 0.1) is 17.6 Å². The largest absolute Gasteiger partial charge is 0.491 e. The highest BCUT2D eigenvalue weighted by atomic mass is 35.5. The predicted molar refractivity (Wildman–Crippen MR) is 106 cm³/mol. The third-order valence-corrected chi connectivity index (χ3v) is 5.04. The Morgan fingerprint density at radius 3 is 2.46 bits per heavy atom. The highest BCUT2D eigenvalue weighted by Crippen LogP contribution is 2.26. The molecule has 0 aliphatic heterocycles. The van der Waals surface area contributed by atoms with Gasteiger partial charge in [-0.05, 0) is 49.2 Å². The van der Waals surface area contributed by atoms with Crippen molar-refractivity contribution in [1.29, 1.82) is 0 Å². The molecule has 138 valence electrons. The molecule has 0 radical (unpaired) electrons. The van der Waals surface area contributed by atoms with Crippen molar-refractivity contribution in [3.8, 4) is 5.75 Å². The predicted octanol–water partition coefficient (Wildman–Crippen LogP) is 4.87. The number of imidazole rings is 1. The normalized spacial score (nSPS) is 12.7. The molecule has 2 aromatic carbocycles. The van der Waals surface area contributed by atoms with Gasteiger partial charge in [0.2, 0.25) is 0 Å². The molecule has 0 unspecified atom stereocenters. The van der Waals surface area contributed by atoms with E-state index in [0.29, 0.717) is 6.54 Å². The number of aryl methyl sites for hydroxylation is 2. The lowest BCUT2D eigenvalue weighted by Crippen LogP contribution is -2.25. The summed E-state index contributed by atoms with van der Waals surface area (Å²) in [5.41, 5.74) is 3.93. The Bertz CT molecular complexity index is 895. The molecule has 0 aliphatic carbocycles. The number of benzene rings is 2. The van der Waals surface area contributed by atoms with Gasteiger partial charge in [-0.2, -0.15) is 0 Å². The van der Waals surface area contributed by atoms with Crippen molar-refractivity contribution in [3.63, 3.8) is 0 Å². The molecule has 5 heteroatoms. The second kappa shape index (κ2) is 7.68. The molecule has 0 amide bonds. The summed E-state index contributed by atoms with van der Waals surface area (Å²) < 4.78 is 7.89. The van der Waals surface area contributed by atoms with Crippen molar-refractivity contribution in [1.82, 2.24) is 9.55 Å². The quantitative estimate of drug-likeness (QED) is 0.671. The zero-order valence-corrected chi connectivity index (χ0v) is 16.4. The van der Waals surface area contributed by atoms with Crippen LogP contribution >= 0.6 is 11.6 Å². The molecule has 0 fully saturated rings. The summed E-state index contributed by atoms with van der Waals surface area (Å²) in [5, 5.41) is 11.3. The minimum absolute atomic E-state index is 0.213. The van der Waals surface area contributed by atoms with Gasteiger partial charge >= 0.3 is 0 Å². The molecule has 3 aromatic rings. The number of fused-ring (bicyclic) bond motifs is 1. The smallest absolute Gasteiger partial charge is 0.120 e. The maximum Gasteiger partial charge on any atom is 0.120 e. The molecule has 0 saturated carbocycles. The summed E-state index contributed by atoms with van der Waals surface area (Å²) in [6, 6.07) is 11.8. The number of rotatable bonds is 6. The maximum atomic E-state index is 10.5.